The van der Waals surface area contributed by atoms with Crippen LogP contribution in [-0.2, 0) is 13.1 Å². The first-order valence-electron chi connectivity index (χ1n) is 10.5. The Balaban J connectivity index is 1.52. The van der Waals surface area contributed by atoms with Crippen LogP contribution in [0.1, 0.15) is 30.0 Å². The number of anilines is 1. The zero-order chi connectivity index (χ0) is 20.2. The molecule has 29 heavy (non-hydrogen) atoms. The molecule has 6 heteroatoms. The lowest BCUT2D eigenvalue weighted by atomic mass is 10.2. The standard InChI is InChI=1S/C23H29N5O/c1-3-26-12-14-27(15-13-26)17-22-25-20-16-19(10-11-21(20)28(22)4-2)24-23(29)18-8-6-5-7-9-18/h5-11,16H,3-4,12-15,17H2,1-2H3,(H,24,29). The van der Waals surface area contributed by atoms with Gasteiger partial charge in [-0.3, -0.25) is 9.69 Å². The lowest BCUT2D eigenvalue weighted by molar-refractivity contribution is 0.102. The van der Waals surface area contributed by atoms with Crippen molar-refractivity contribution < 1.29 is 4.79 Å². The number of imidazole rings is 1. The summed E-state index contributed by atoms with van der Waals surface area (Å²) in [5, 5.41) is 2.99. The zero-order valence-electron chi connectivity index (χ0n) is 17.3. The Morgan fingerprint density at radius 1 is 0.966 bits per heavy atom. The van der Waals surface area contributed by atoms with Gasteiger partial charge in [0, 0.05) is 44.0 Å². The third kappa shape index (κ3) is 4.33. The summed E-state index contributed by atoms with van der Waals surface area (Å²) < 4.78 is 2.28. The van der Waals surface area contributed by atoms with Crippen molar-refractivity contribution in [3.8, 4) is 0 Å². The molecule has 152 valence electrons. The number of likely N-dealkylation sites (N-methyl/N-ethyl adjacent to an activating group) is 1. The van der Waals surface area contributed by atoms with Gasteiger partial charge >= 0.3 is 0 Å². The highest BCUT2D eigenvalue weighted by atomic mass is 16.1. The van der Waals surface area contributed by atoms with E-state index in [2.05, 4.69) is 39.6 Å². The molecule has 0 radical (unpaired) electrons. The quantitative estimate of drug-likeness (QED) is 0.699. The van der Waals surface area contributed by atoms with Crippen molar-refractivity contribution in [2.45, 2.75) is 26.9 Å². The summed E-state index contributed by atoms with van der Waals surface area (Å²) in [5.41, 5.74) is 3.47. The van der Waals surface area contributed by atoms with Crippen molar-refractivity contribution in [2.75, 3.05) is 38.0 Å². The summed E-state index contributed by atoms with van der Waals surface area (Å²) in [5.74, 6) is 0.993. The number of carbonyl (C=O) groups excluding carboxylic acids is 1. The van der Waals surface area contributed by atoms with Gasteiger partial charge in [0.25, 0.3) is 5.91 Å². The molecule has 1 aromatic heterocycles. The average Bonchev–Trinajstić information content (AvgIpc) is 3.11. The summed E-state index contributed by atoms with van der Waals surface area (Å²) >= 11 is 0. The monoisotopic (exact) mass is 391 g/mol. The predicted molar refractivity (Wildman–Crippen MR) is 117 cm³/mol. The van der Waals surface area contributed by atoms with Gasteiger partial charge in [0.15, 0.2) is 0 Å². The molecule has 1 saturated heterocycles. The van der Waals surface area contributed by atoms with Crippen LogP contribution in [0.15, 0.2) is 48.5 Å². The number of nitrogens with one attached hydrogen (secondary N) is 1. The van der Waals surface area contributed by atoms with Gasteiger partial charge < -0.3 is 14.8 Å². The fourth-order valence-corrected chi connectivity index (χ4v) is 3.99. The number of amides is 1. The van der Waals surface area contributed by atoms with Crippen LogP contribution in [-0.4, -0.2) is 58.0 Å². The fraction of sp³-hybridized carbons (Fsp3) is 0.391. The molecule has 3 aromatic rings. The average molecular weight is 392 g/mol. The fourth-order valence-electron chi connectivity index (χ4n) is 3.99. The first-order valence-corrected chi connectivity index (χ1v) is 10.5. The summed E-state index contributed by atoms with van der Waals surface area (Å²) in [4.78, 5) is 22.3. The molecule has 1 amide bonds. The van der Waals surface area contributed by atoms with E-state index in [0.29, 0.717) is 5.56 Å². The number of benzene rings is 2. The van der Waals surface area contributed by atoms with Crippen molar-refractivity contribution in [3.63, 3.8) is 0 Å². The van der Waals surface area contributed by atoms with Crippen molar-refractivity contribution in [1.82, 2.24) is 19.4 Å². The van der Waals surface area contributed by atoms with E-state index < -0.39 is 0 Å². The number of aromatic nitrogens is 2. The largest absolute Gasteiger partial charge is 0.327 e. The van der Waals surface area contributed by atoms with Crippen LogP contribution in [0.3, 0.4) is 0 Å². The molecule has 1 fully saturated rings. The molecule has 0 atom stereocenters. The summed E-state index contributed by atoms with van der Waals surface area (Å²) in [6.07, 6.45) is 0. The van der Waals surface area contributed by atoms with E-state index in [-0.39, 0.29) is 5.91 Å². The van der Waals surface area contributed by atoms with Gasteiger partial charge in [-0.1, -0.05) is 25.1 Å². The van der Waals surface area contributed by atoms with Crippen LogP contribution in [0.5, 0.6) is 0 Å². The van der Waals surface area contributed by atoms with Gasteiger partial charge in [-0.2, -0.15) is 0 Å². The number of nitrogens with zero attached hydrogens (tertiary/aromatic N) is 4. The van der Waals surface area contributed by atoms with Gasteiger partial charge in [0.05, 0.1) is 17.6 Å². The number of hydrogen-bond donors (Lipinski definition) is 1. The normalized spacial score (nSPS) is 15.7. The van der Waals surface area contributed by atoms with Crippen LogP contribution < -0.4 is 5.32 Å². The summed E-state index contributed by atoms with van der Waals surface area (Å²) in [6.45, 7) is 11.7. The molecule has 0 saturated carbocycles. The number of rotatable bonds is 6. The molecular formula is C23H29N5O. The molecule has 1 aliphatic rings. The van der Waals surface area contributed by atoms with E-state index in [1.165, 1.54) is 0 Å². The van der Waals surface area contributed by atoms with Crippen LogP contribution in [0.25, 0.3) is 11.0 Å². The van der Waals surface area contributed by atoms with Crippen molar-refractivity contribution in [1.29, 1.82) is 0 Å². The molecular weight excluding hydrogens is 362 g/mol. The van der Waals surface area contributed by atoms with E-state index >= 15 is 0 Å². The van der Waals surface area contributed by atoms with E-state index in [1.807, 2.05) is 42.5 Å². The Bertz CT molecular complexity index is 974. The van der Waals surface area contributed by atoms with Gasteiger partial charge in [-0.05, 0) is 43.8 Å². The van der Waals surface area contributed by atoms with E-state index in [0.717, 1.165) is 68.4 Å². The minimum absolute atomic E-state index is 0.103. The van der Waals surface area contributed by atoms with Crippen LogP contribution in [0, 0.1) is 0 Å². The maximum absolute atomic E-state index is 12.4. The second-order valence-electron chi connectivity index (χ2n) is 7.51. The lowest BCUT2D eigenvalue weighted by Crippen LogP contribution is -2.45. The second kappa shape index (κ2) is 8.76. The Morgan fingerprint density at radius 3 is 2.38 bits per heavy atom. The topological polar surface area (TPSA) is 53.4 Å². The first kappa shape index (κ1) is 19.6. The molecule has 0 bridgehead atoms. The third-order valence-corrected chi connectivity index (χ3v) is 5.71. The van der Waals surface area contributed by atoms with E-state index in [9.17, 15) is 4.79 Å². The maximum Gasteiger partial charge on any atom is 0.255 e. The third-order valence-electron chi connectivity index (χ3n) is 5.71. The SMILES string of the molecule is CCN1CCN(Cc2nc3cc(NC(=O)c4ccccc4)ccc3n2CC)CC1. The zero-order valence-corrected chi connectivity index (χ0v) is 17.3. The highest BCUT2D eigenvalue weighted by molar-refractivity contribution is 6.04. The maximum atomic E-state index is 12.4. The van der Waals surface area contributed by atoms with Gasteiger partial charge in [-0.25, -0.2) is 4.98 Å². The van der Waals surface area contributed by atoms with Crippen LogP contribution >= 0.6 is 0 Å². The first-order chi connectivity index (χ1) is 14.2. The van der Waals surface area contributed by atoms with Crippen molar-refractivity contribution in [3.05, 3.63) is 59.9 Å². The molecule has 1 N–H and O–H groups in total. The highest BCUT2D eigenvalue weighted by Crippen LogP contribution is 2.22. The minimum atomic E-state index is -0.103. The lowest BCUT2D eigenvalue weighted by Gasteiger charge is -2.33. The number of piperazine rings is 1. The predicted octanol–water partition coefficient (Wildman–Crippen LogP) is 3.45. The van der Waals surface area contributed by atoms with Gasteiger partial charge in [0.1, 0.15) is 5.82 Å². The van der Waals surface area contributed by atoms with E-state index in [4.69, 9.17) is 4.98 Å². The van der Waals surface area contributed by atoms with Gasteiger partial charge in [-0.15, -0.1) is 0 Å². The number of aryl methyl sites for hydroxylation is 1. The minimum Gasteiger partial charge on any atom is -0.327 e. The Hall–Kier alpha value is -2.70. The molecule has 2 heterocycles. The van der Waals surface area contributed by atoms with Gasteiger partial charge in [0.2, 0.25) is 0 Å². The highest BCUT2D eigenvalue weighted by Gasteiger charge is 2.19. The van der Waals surface area contributed by atoms with Crippen LogP contribution in [0.4, 0.5) is 5.69 Å². The van der Waals surface area contributed by atoms with E-state index in [1.54, 1.807) is 0 Å². The van der Waals surface area contributed by atoms with Crippen LogP contribution in [0.2, 0.25) is 0 Å². The van der Waals surface area contributed by atoms with Crippen molar-refractivity contribution in [2.24, 2.45) is 0 Å². The smallest absolute Gasteiger partial charge is 0.255 e. The number of hydrogen-bond acceptors (Lipinski definition) is 4. The molecule has 0 unspecified atom stereocenters. The second-order valence-corrected chi connectivity index (χ2v) is 7.51. The Morgan fingerprint density at radius 2 is 1.69 bits per heavy atom. The van der Waals surface area contributed by atoms with Crippen molar-refractivity contribution >= 4 is 22.6 Å². The summed E-state index contributed by atoms with van der Waals surface area (Å²) in [7, 11) is 0. The summed E-state index contributed by atoms with van der Waals surface area (Å²) in [6, 6.07) is 15.3. The molecule has 0 aliphatic carbocycles. The Kier molecular flexibility index (Phi) is 5.92. The molecule has 4 rings (SSSR count). The molecule has 2 aromatic carbocycles. The number of carbonyl (C=O) groups is 1. The molecule has 6 nitrogen and oxygen atoms in total. The molecule has 0 spiro atoms. The molecule has 1 aliphatic heterocycles. The number of fused-ring (bicyclic) bond motifs is 1. The Labute approximate surface area is 172 Å².